The van der Waals surface area contributed by atoms with Gasteiger partial charge in [-0.25, -0.2) is 0 Å². The second-order valence-corrected chi connectivity index (χ2v) is 2.43. The lowest BCUT2D eigenvalue weighted by Gasteiger charge is -1.85. The summed E-state index contributed by atoms with van der Waals surface area (Å²) in [5, 5.41) is 0. The monoisotopic (exact) mass is 195 g/mol. The molecule has 2 heteroatoms. The summed E-state index contributed by atoms with van der Waals surface area (Å²) in [4.78, 5) is 0. The van der Waals surface area contributed by atoms with E-state index >= 15 is 0 Å². The first-order chi connectivity index (χ1) is 6.76. The van der Waals surface area contributed by atoms with E-state index in [1.165, 1.54) is 5.56 Å². The summed E-state index contributed by atoms with van der Waals surface area (Å²) >= 11 is 0. The fraction of sp³-hybridized carbons (Fsp3) is 0.333. The summed E-state index contributed by atoms with van der Waals surface area (Å²) in [6.45, 7) is 6.28. The van der Waals surface area contributed by atoms with E-state index in [9.17, 15) is 0 Å². The van der Waals surface area contributed by atoms with E-state index < -0.39 is 0 Å². The molecule has 0 bridgehead atoms. The molecule has 2 N–H and O–H groups in total. The van der Waals surface area contributed by atoms with Gasteiger partial charge in [-0.15, -0.1) is 0 Å². The average Bonchev–Trinajstić information content (AvgIpc) is 2.21. The van der Waals surface area contributed by atoms with Gasteiger partial charge in [-0.2, -0.15) is 0 Å². The van der Waals surface area contributed by atoms with Crippen molar-refractivity contribution < 1.29 is 4.74 Å². The van der Waals surface area contributed by atoms with Gasteiger partial charge in [0.15, 0.2) is 0 Å². The van der Waals surface area contributed by atoms with Crippen LogP contribution in [0.15, 0.2) is 36.9 Å². The van der Waals surface area contributed by atoms with Gasteiger partial charge in [-0.05, 0) is 12.1 Å². The molecule has 0 unspecified atom stereocenters. The Labute approximate surface area is 87.4 Å². The fourth-order valence-corrected chi connectivity index (χ4v) is 0.589. The van der Waals surface area contributed by atoms with Crippen LogP contribution in [-0.2, 0) is 4.74 Å². The Morgan fingerprint density at radius 3 is 1.86 bits per heavy atom. The second kappa shape index (κ2) is 14.4. The van der Waals surface area contributed by atoms with Gasteiger partial charge in [-0.3, -0.25) is 0 Å². The molecule has 1 aromatic rings. The highest BCUT2D eigenvalue weighted by molar-refractivity contribution is 5.45. The van der Waals surface area contributed by atoms with Crippen LogP contribution in [0.25, 0.3) is 6.08 Å². The number of ether oxygens (including phenoxy) is 1. The molecule has 80 valence electrons. The van der Waals surface area contributed by atoms with Crippen LogP contribution >= 0.6 is 0 Å². The molecule has 0 aliphatic carbocycles. The van der Waals surface area contributed by atoms with Crippen molar-refractivity contribution in [2.45, 2.75) is 6.92 Å². The fourth-order valence-electron chi connectivity index (χ4n) is 0.589. The maximum absolute atomic E-state index is 4.85. The predicted molar refractivity (Wildman–Crippen MR) is 64.2 cm³/mol. The van der Waals surface area contributed by atoms with Crippen molar-refractivity contribution >= 4 is 6.08 Å². The van der Waals surface area contributed by atoms with E-state index in [0.29, 0.717) is 0 Å². The van der Waals surface area contributed by atoms with E-state index in [0.717, 1.165) is 6.54 Å². The molecule has 0 heterocycles. The summed E-state index contributed by atoms with van der Waals surface area (Å²) in [5.74, 6) is 0. The van der Waals surface area contributed by atoms with Crippen LogP contribution in [0, 0.1) is 0 Å². The summed E-state index contributed by atoms with van der Waals surface area (Å²) in [6.07, 6.45) is 1.83. The molecule has 2 nitrogen and oxygen atoms in total. The van der Waals surface area contributed by atoms with Crippen LogP contribution in [0.1, 0.15) is 12.5 Å². The molecule has 0 fully saturated rings. The third-order valence-electron chi connectivity index (χ3n) is 1.04. The number of benzene rings is 1. The molecule has 0 aromatic heterocycles. The molecule has 1 aromatic carbocycles. The topological polar surface area (TPSA) is 35.2 Å². The zero-order valence-electron chi connectivity index (χ0n) is 9.36. The van der Waals surface area contributed by atoms with Crippen molar-refractivity contribution in [3.05, 3.63) is 42.5 Å². The molecule has 1 rings (SSSR count). The lowest BCUT2D eigenvalue weighted by molar-refractivity contribution is 0.277. The highest BCUT2D eigenvalue weighted by atomic mass is 16.4. The van der Waals surface area contributed by atoms with Crippen molar-refractivity contribution in [1.82, 2.24) is 0 Å². The first-order valence-corrected chi connectivity index (χ1v) is 4.54. The zero-order chi connectivity index (χ0) is 11.2. The maximum atomic E-state index is 4.85. The zero-order valence-corrected chi connectivity index (χ0v) is 9.36. The van der Waals surface area contributed by atoms with Crippen molar-refractivity contribution in [2.24, 2.45) is 5.73 Å². The van der Waals surface area contributed by atoms with E-state index in [1.807, 2.05) is 43.3 Å². The lowest BCUT2D eigenvalue weighted by Crippen LogP contribution is -1.87. The highest BCUT2D eigenvalue weighted by Gasteiger charge is 1.75. The third kappa shape index (κ3) is 13.5. The largest absolute Gasteiger partial charge is 0.388 e. The summed E-state index contributed by atoms with van der Waals surface area (Å²) in [6, 6.07) is 10.0. The Hall–Kier alpha value is -1.12. The summed E-state index contributed by atoms with van der Waals surface area (Å²) in [5.41, 5.74) is 6.02. The van der Waals surface area contributed by atoms with Gasteiger partial charge < -0.3 is 10.5 Å². The van der Waals surface area contributed by atoms with Gasteiger partial charge in [0, 0.05) is 14.2 Å². The van der Waals surface area contributed by atoms with E-state index in [4.69, 9.17) is 5.73 Å². The van der Waals surface area contributed by atoms with Gasteiger partial charge in [0.1, 0.15) is 0 Å². The number of nitrogens with two attached hydrogens (primary N) is 1. The minimum atomic E-state index is 0.750. The Bertz CT molecular complexity index is 195. The molecule has 0 saturated heterocycles. The molecule has 0 aliphatic heterocycles. The van der Waals surface area contributed by atoms with Crippen LogP contribution in [0.2, 0.25) is 0 Å². The van der Waals surface area contributed by atoms with Crippen LogP contribution < -0.4 is 5.73 Å². The molecule has 0 radical (unpaired) electrons. The van der Waals surface area contributed by atoms with Gasteiger partial charge in [0.25, 0.3) is 0 Å². The maximum Gasteiger partial charge on any atom is 0.0351 e. The summed E-state index contributed by atoms with van der Waals surface area (Å²) in [7, 11) is 3.25. The molecule has 14 heavy (non-hydrogen) atoms. The Balaban J connectivity index is 0. The van der Waals surface area contributed by atoms with E-state index in [1.54, 1.807) is 14.2 Å². The van der Waals surface area contributed by atoms with E-state index in [2.05, 4.69) is 11.3 Å². The minimum Gasteiger partial charge on any atom is -0.388 e. The molecule has 0 amide bonds. The Morgan fingerprint density at radius 1 is 1.29 bits per heavy atom. The second-order valence-electron chi connectivity index (χ2n) is 2.43. The van der Waals surface area contributed by atoms with Crippen molar-refractivity contribution in [3.8, 4) is 0 Å². The van der Waals surface area contributed by atoms with Gasteiger partial charge in [-0.1, -0.05) is 49.9 Å². The van der Waals surface area contributed by atoms with Gasteiger partial charge in [0.2, 0.25) is 0 Å². The van der Waals surface area contributed by atoms with Crippen LogP contribution in [-0.4, -0.2) is 20.8 Å². The van der Waals surface area contributed by atoms with Crippen LogP contribution in [0.5, 0.6) is 0 Å². The highest BCUT2D eigenvalue weighted by Crippen LogP contribution is 1.97. The number of hydrogen-bond acceptors (Lipinski definition) is 2. The average molecular weight is 195 g/mol. The van der Waals surface area contributed by atoms with Crippen molar-refractivity contribution in [3.63, 3.8) is 0 Å². The smallest absolute Gasteiger partial charge is 0.0351 e. The van der Waals surface area contributed by atoms with Crippen molar-refractivity contribution in [1.29, 1.82) is 0 Å². The molecule has 0 saturated carbocycles. The molecular weight excluding hydrogens is 174 g/mol. The first kappa shape index (κ1) is 15.4. The molecule has 0 spiro atoms. The first-order valence-electron chi connectivity index (χ1n) is 4.54. The number of rotatable bonds is 1. The Morgan fingerprint density at radius 2 is 1.64 bits per heavy atom. The molecule has 0 aliphatic rings. The molecular formula is C12H21NO. The van der Waals surface area contributed by atoms with E-state index in [-0.39, 0.29) is 0 Å². The Kier molecular flexibility index (Phi) is 15.8. The van der Waals surface area contributed by atoms with Crippen molar-refractivity contribution in [2.75, 3.05) is 20.8 Å². The number of hydrogen-bond donors (Lipinski definition) is 1. The SMILES string of the molecule is C=Cc1ccccc1.CCN.COC. The normalized spacial score (nSPS) is 7.43. The summed E-state index contributed by atoms with van der Waals surface area (Å²) < 4.78 is 4.25. The molecule has 0 atom stereocenters. The van der Waals surface area contributed by atoms with Gasteiger partial charge in [0.05, 0.1) is 0 Å². The number of methoxy groups -OCH3 is 1. The van der Waals surface area contributed by atoms with Gasteiger partial charge >= 0.3 is 0 Å². The van der Waals surface area contributed by atoms with Crippen LogP contribution in [0.4, 0.5) is 0 Å². The third-order valence-corrected chi connectivity index (χ3v) is 1.04. The minimum absolute atomic E-state index is 0.750. The standard InChI is InChI=1S/C8H8.C2H7N.C2H6O/c1-2-8-6-4-3-5-7-8;1-2-3;1-3-2/h2-7H,1H2;2-3H2,1H3;1-2H3. The lowest BCUT2D eigenvalue weighted by atomic mass is 10.2. The van der Waals surface area contributed by atoms with Crippen LogP contribution in [0.3, 0.4) is 0 Å². The quantitative estimate of drug-likeness (QED) is 0.747. The predicted octanol–water partition coefficient (Wildman–Crippen LogP) is 2.56.